The molecular weight excluding hydrogens is 282 g/mol. The summed E-state index contributed by atoms with van der Waals surface area (Å²) in [7, 11) is 0. The Balaban J connectivity index is 2.07. The van der Waals surface area contributed by atoms with Gasteiger partial charge in [-0.05, 0) is 13.3 Å². The largest absolute Gasteiger partial charge is 0.476 e. The van der Waals surface area contributed by atoms with Gasteiger partial charge >= 0.3 is 0 Å². The molecular formula is C14H17N7O. The van der Waals surface area contributed by atoms with Gasteiger partial charge in [-0.25, -0.2) is 9.97 Å². The molecule has 0 saturated heterocycles. The second kappa shape index (κ2) is 5.92. The van der Waals surface area contributed by atoms with Gasteiger partial charge < -0.3 is 10.5 Å². The second-order valence-electron chi connectivity index (χ2n) is 4.74. The third-order valence-corrected chi connectivity index (χ3v) is 3.06. The molecule has 0 bridgehead atoms. The number of rotatable bonds is 5. The standard InChI is InChI=1S/C14H17N7O/c1-3-5-21-8-9(6-17-21)10-7-16-12-11(18-10)13(22-4-2)20-14(15)19-12/h6-8H,3-5H2,1-2H3,(H2,15,16,19,20). The predicted octanol–water partition coefficient (Wildman–Crippen LogP) is 1.67. The predicted molar refractivity (Wildman–Crippen MR) is 82.2 cm³/mol. The zero-order chi connectivity index (χ0) is 15.5. The first kappa shape index (κ1) is 14.2. The summed E-state index contributed by atoms with van der Waals surface area (Å²) < 4.78 is 7.36. The first-order valence-corrected chi connectivity index (χ1v) is 7.17. The van der Waals surface area contributed by atoms with Crippen LogP contribution in [0.5, 0.6) is 5.88 Å². The average molecular weight is 299 g/mol. The van der Waals surface area contributed by atoms with Crippen LogP contribution in [0.25, 0.3) is 22.4 Å². The van der Waals surface area contributed by atoms with E-state index in [4.69, 9.17) is 10.5 Å². The molecule has 0 spiro atoms. The Morgan fingerprint density at radius 3 is 2.82 bits per heavy atom. The Labute approximate surface area is 127 Å². The molecule has 0 unspecified atom stereocenters. The van der Waals surface area contributed by atoms with E-state index in [-0.39, 0.29) is 5.95 Å². The normalized spacial score (nSPS) is 11.0. The molecule has 3 aromatic heterocycles. The highest BCUT2D eigenvalue weighted by Crippen LogP contribution is 2.23. The Morgan fingerprint density at radius 1 is 1.18 bits per heavy atom. The summed E-state index contributed by atoms with van der Waals surface area (Å²) in [6.45, 7) is 5.31. The minimum absolute atomic E-state index is 0.119. The van der Waals surface area contributed by atoms with E-state index < -0.39 is 0 Å². The van der Waals surface area contributed by atoms with Gasteiger partial charge in [-0.15, -0.1) is 0 Å². The van der Waals surface area contributed by atoms with Crippen LogP contribution in [0, 0.1) is 0 Å². The zero-order valence-electron chi connectivity index (χ0n) is 12.5. The number of anilines is 1. The van der Waals surface area contributed by atoms with Gasteiger partial charge in [-0.2, -0.15) is 15.1 Å². The summed E-state index contributed by atoms with van der Waals surface area (Å²) in [5, 5.41) is 4.30. The van der Waals surface area contributed by atoms with Gasteiger partial charge in [0.05, 0.1) is 24.7 Å². The molecule has 0 radical (unpaired) electrons. The topological polar surface area (TPSA) is 105 Å². The van der Waals surface area contributed by atoms with Crippen molar-refractivity contribution in [2.24, 2.45) is 0 Å². The molecule has 0 saturated carbocycles. The second-order valence-corrected chi connectivity index (χ2v) is 4.74. The summed E-state index contributed by atoms with van der Waals surface area (Å²) in [6.07, 6.45) is 6.38. The summed E-state index contributed by atoms with van der Waals surface area (Å²) in [5.41, 5.74) is 8.16. The van der Waals surface area contributed by atoms with Crippen molar-refractivity contribution in [3.8, 4) is 17.1 Å². The van der Waals surface area contributed by atoms with E-state index in [9.17, 15) is 0 Å². The minimum atomic E-state index is 0.119. The van der Waals surface area contributed by atoms with Crippen LogP contribution in [0.3, 0.4) is 0 Å². The van der Waals surface area contributed by atoms with Crippen molar-refractivity contribution < 1.29 is 4.74 Å². The molecule has 114 valence electrons. The van der Waals surface area contributed by atoms with Crippen LogP contribution in [0.1, 0.15) is 20.3 Å². The number of nitrogens with zero attached hydrogens (tertiary/aromatic N) is 6. The minimum Gasteiger partial charge on any atom is -0.476 e. The van der Waals surface area contributed by atoms with Gasteiger partial charge in [0.15, 0.2) is 11.2 Å². The zero-order valence-corrected chi connectivity index (χ0v) is 12.5. The van der Waals surface area contributed by atoms with E-state index in [1.54, 1.807) is 12.4 Å². The Hall–Kier alpha value is -2.77. The maximum Gasteiger partial charge on any atom is 0.247 e. The third-order valence-electron chi connectivity index (χ3n) is 3.06. The highest BCUT2D eigenvalue weighted by Gasteiger charge is 2.12. The van der Waals surface area contributed by atoms with Crippen LogP contribution >= 0.6 is 0 Å². The molecule has 3 rings (SSSR count). The number of aryl methyl sites for hydroxylation is 1. The van der Waals surface area contributed by atoms with Gasteiger partial charge in [0.25, 0.3) is 0 Å². The van der Waals surface area contributed by atoms with E-state index >= 15 is 0 Å². The van der Waals surface area contributed by atoms with E-state index in [1.165, 1.54) is 0 Å². The van der Waals surface area contributed by atoms with E-state index in [0.29, 0.717) is 29.3 Å². The number of ether oxygens (including phenoxy) is 1. The van der Waals surface area contributed by atoms with Gasteiger partial charge in [0.1, 0.15) is 0 Å². The number of nitrogens with two attached hydrogens (primary N) is 1. The number of nitrogen functional groups attached to an aromatic ring is 1. The number of hydrogen-bond acceptors (Lipinski definition) is 7. The smallest absolute Gasteiger partial charge is 0.247 e. The highest BCUT2D eigenvalue weighted by molar-refractivity contribution is 5.79. The van der Waals surface area contributed by atoms with Gasteiger partial charge in [0.2, 0.25) is 11.8 Å². The van der Waals surface area contributed by atoms with E-state index in [1.807, 2.05) is 17.8 Å². The van der Waals surface area contributed by atoms with Gasteiger partial charge in [0, 0.05) is 18.3 Å². The van der Waals surface area contributed by atoms with E-state index in [0.717, 1.165) is 18.5 Å². The van der Waals surface area contributed by atoms with Crippen molar-refractivity contribution in [2.75, 3.05) is 12.3 Å². The lowest BCUT2D eigenvalue weighted by Crippen LogP contribution is -2.04. The molecule has 3 heterocycles. The summed E-state index contributed by atoms with van der Waals surface area (Å²) in [4.78, 5) is 17.0. The molecule has 0 atom stereocenters. The summed E-state index contributed by atoms with van der Waals surface area (Å²) >= 11 is 0. The molecule has 2 N–H and O–H groups in total. The molecule has 0 aliphatic rings. The van der Waals surface area contributed by atoms with Crippen molar-refractivity contribution in [2.45, 2.75) is 26.8 Å². The van der Waals surface area contributed by atoms with Crippen molar-refractivity contribution in [3.05, 3.63) is 18.6 Å². The van der Waals surface area contributed by atoms with Crippen molar-refractivity contribution in [1.82, 2.24) is 29.7 Å². The molecule has 8 heteroatoms. The molecule has 0 fully saturated rings. The maximum absolute atomic E-state index is 5.66. The lowest BCUT2D eigenvalue weighted by atomic mass is 10.2. The highest BCUT2D eigenvalue weighted by atomic mass is 16.5. The van der Waals surface area contributed by atoms with Crippen LogP contribution < -0.4 is 10.5 Å². The van der Waals surface area contributed by atoms with Crippen molar-refractivity contribution in [3.63, 3.8) is 0 Å². The quantitative estimate of drug-likeness (QED) is 0.764. The Kier molecular flexibility index (Phi) is 3.82. The molecule has 8 nitrogen and oxygen atoms in total. The van der Waals surface area contributed by atoms with E-state index in [2.05, 4.69) is 32.0 Å². The van der Waals surface area contributed by atoms with Crippen LogP contribution in [0.2, 0.25) is 0 Å². The molecule has 0 aliphatic carbocycles. The number of fused-ring (bicyclic) bond motifs is 1. The molecule has 22 heavy (non-hydrogen) atoms. The lowest BCUT2D eigenvalue weighted by molar-refractivity contribution is 0.330. The fourth-order valence-electron chi connectivity index (χ4n) is 2.12. The fourth-order valence-corrected chi connectivity index (χ4v) is 2.12. The number of aromatic nitrogens is 6. The van der Waals surface area contributed by atoms with Crippen LogP contribution in [0.15, 0.2) is 18.6 Å². The van der Waals surface area contributed by atoms with Gasteiger partial charge in [-0.1, -0.05) is 6.92 Å². The van der Waals surface area contributed by atoms with Crippen LogP contribution in [0.4, 0.5) is 5.95 Å². The van der Waals surface area contributed by atoms with Crippen molar-refractivity contribution in [1.29, 1.82) is 0 Å². The lowest BCUT2D eigenvalue weighted by Gasteiger charge is -2.06. The molecule has 0 aliphatic heterocycles. The third kappa shape index (κ3) is 2.67. The molecule has 0 aromatic carbocycles. The Morgan fingerprint density at radius 2 is 2.05 bits per heavy atom. The van der Waals surface area contributed by atoms with Gasteiger partial charge in [-0.3, -0.25) is 4.68 Å². The fraction of sp³-hybridized carbons (Fsp3) is 0.357. The van der Waals surface area contributed by atoms with Crippen LogP contribution in [-0.4, -0.2) is 36.3 Å². The van der Waals surface area contributed by atoms with Crippen molar-refractivity contribution >= 4 is 17.1 Å². The molecule has 3 aromatic rings. The summed E-state index contributed by atoms with van der Waals surface area (Å²) in [5.74, 6) is 0.467. The maximum atomic E-state index is 5.66. The number of hydrogen-bond donors (Lipinski definition) is 1. The van der Waals surface area contributed by atoms with Crippen LogP contribution in [-0.2, 0) is 6.54 Å². The SMILES string of the molecule is CCCn1cc(-c2cnc3nc(N)nc(OCC)c3n2)cn1. The average Bonchev–Trinajstić information content (AvgIpc) is 2.96. The first-order valence-electron chi connectivity index (χ1n) is 7.17. The Bertz CT molecular complexity index is 799. The summed E-state index contributed by atoms with van der Waals surface area (Å²) in [6, 6.07) is 0. The first-order chi connectivity index (χ1) is 10.7. The monoisotopic (exact) mass is 299 g/mol. The molecule has 0 amide bonds.